The average Bonchev–Trinajstić information content (AvgIpc) is 3.19. The highest BCUT2D eigenvalue weighted by molar-refractivity contribution is 5.78. The van der Waals surface area contributed by atoms with Crippen LogP contribution in [0.3, 0.4) is 0 Å². The van der Waals surface area contributed by atoms with Crippen LogP contribution in [0.25, 0.3) is 0 Å². The van der Waals surface area contributed by atoms with E-state index < -0.39 is 0 Å². The minimum Gasteiger partial charge on any atom is -0.342 e. The molecule has 1 saturated heterocycles. The molecule has 1 fully saturated rings. The number of hydrogen-bond donors (Lipinski definition) is 0. The Hall–Kier alpha value is -2.14. The van der Waals surface area contributed by atoms with Gasteiger partial charge in [0.2, 0.25) is 5.91 Å². The van der Waals surface area contributed by atoms with Crippen LogP contribution in [-0.2, 0) is 24.3 Å². The number of carbonyl (C=O) groups is 1. The SMILES string of the molecule is O=C1CCCN1CC1CN(CCc2ccccc2)Cc2nccn2C1. The molecule has 1 atom stereocenters. The van der Waals surface area contributed by atoms with Crippen molar-refractivity contribution >= 4 is 5.91 Å². The van der Waals surface area contributed by atoms with E-state index in [4.69, 9.17) is 0 Å². The predicted molar refractivity (Wildman–Crippen MR) is 97.0 cm³/mol. The number of nitrogens with zero attached hydrogens (tertiary/aromatic N) is 4. The maximum Gasteiger partial charge on any atom is 0.222 e. The largest absolute Gasteiger partial charge is 0.342 e. The number of fused-ring (bicyclic) bond motifs is 1. The molecule has 2 aromatic rings. The minimum absolute atomic E-state index is 0.325. The first kappa shape index (κ1) is 16.3. The van der Waals surface area contributed by atoms with Crippen LogP contribution in [0.15, 0.2) is 42.7 Å². The van der Waals surface area contributed by atoms with Gasteiger partial charge in [-0.2, -0.15) is 0 Å². The van der Waals surface area contributed by atoms with Gasteiger partial charge in [0.1, 0.15) is 5.82 Å². The molecular weight excluding hydrogens is 312 g/mol. The van der Waals surface area contributed by atoms with Crippen molar-refractivity contribution in [1.29, 1.82) is 0 Å². The Morgan fingerprint density at radius 1 is 1.16 bits per heavy atom. The Balaban J connectivity index is 1.44. The summed E-state index contributed by atoms with van der Waals surface area (Å²) < 4.78 is 2.27. The number of rotatable bonds is 5. The van der Waals surface area contributed by atoms with Gasteiger partial charge in [0.25, 0.3) is 0 Å². The summed E-state index contributed by atoms with van der Waals surface area (Å²) in [5.74, 6) is 1.93. The number of carbonyl (C=O) groups excluding carboxylic acids is 1. The molecule has 5 heteroatoms. The van der Waals surface area contributed by atoms with Crippen LogP contribution < -0.4 is 0 Å². The van der Waals surface area contributed by atoms with Crippen LogP contribution in [0.2, 0.25) is 0 Å². The predicted octanol–water partition coefficient (Wildman–Crippen LogP) is 2.18. The molecule has 0 aliphatic carbocycles. The van der Waals surface area contributed by atoms with Gasteiger partial charge in [-0.25, -0.2) is 4.98 Å². The third kappa shape index (κ3) is 3.93. The van der Waals surface area contributed by atoms with Crippen LogP contribution in [-0.4, -0.2) is 51.4 Å². The molecule has 4 rings (SSSR count). The summed E-state index contributed by atoms with van der Waals surface area (Å²) in [4.78, 5) is 21.1. The van der Waals surface area contributed by atoms with Crippen molar-refractivity contribution in [2.45, 2.75) is 32.4 Å². The van der Waals surface area contributed by atoms with E-state index >= 15 is 0 Å². The number of hydrogen-bond acceptors (Lipinski definition) is 3. The van der Waals surface area contributed by atoms with Crippen LogP contribution in [0.5, 0.6) is 0 Å². The highest BCUT2D eigenvalue weighted by Crippen LogP contribution is 2.19. The zero-order valence-corrected chi connectivity index (χ0v) is 14.7. The quantitative estimate of drug-likeness (QED) is 0.839. The summed E-state index contributed by atoms with van der Waals surface area (Å²) in [6, 6.07) is 10.7. The number of imidazole rings is 1. The van der Waals surface area contributed by atoms with Gasteiger partial charge in [0.15, 0.2) is 0 Å². The lowest BCUT2D eigenvalue weighted by atomic mass is 10.1. The molecule has 1 unspecified atom stereocenters. The Labute approximate surface area is 149 Å². The van der Waals surface area contributed by atoms with Crippen molar-refractivity contribution in [2.24, 2.45) is 5.92 Å². The molecule has 0 radical (unpaired) electrons. The molecule has 1 aromatic heterocycles. The molecule has 1 amide bonds. The number of aromatic nitrogens is 2. The number of benzene rings is 1. The minimum atomic E-state index is 0.325. The van der Waals surface area contributed by atoms with E-state index in [1.165, 1.54) is 5.56 Å². The molecule has 0 bridgehead atoms. The van der Waals surface area contributed by atoms with Crippen LogP contribution in [0.1, 0.15) is 24.2 Å². The van der Waals surface area contributed by atoms with Gasteiger partial charge in [-0.1, -0.05) is 30.3 Å². The zero-order chi connectivity index (χ0) is 17.1. The normalized spacial score (nSPS) is 21.4. The van der Waals surface area contributed by atoms with Gasteiger partial charge >= 0.3 is 0 Å². The molecule has 0 N–H and O–H groups in total. The molecule has 0 saturated carbocycles. The molecule has 25 heavy (non-hydrogen) atoms. The first-order valence-corrected chi connectivity index (χ1v) is 9.32. The molecule has 5 nitrogen and oxygen atoms in total. The second kappa shape index (κ2) is 7.40. The summed E-state index contributed by atoms with van der Waals surface area (Å²) in [6.45, 7) is 5.71. The zero-order valence-electron chi connectivity index (χ0n) is 14.7. The van der Waals surface area contributed by atoms with E-state index in [0.29, 0.717) is 11.8 Å². The number of amides is 1. The first-order valence-electron chi connectivity index (χ1n) is 9.32. The molecule has 3 heterocycles. The maximum atomic E-state index is 12.0. The van der Waals surface area contributed by atoms with Gasteiger partial charge in [0, 0.05) is 57.5 Å². The second-order valence-corrected chi connectivity index (χ2v) is 7.28. The molecule has 0 spiro atoms. The summed E-state index contributed by atoms with van der Waals surface area (Å²) in [7, 11) is 0. The van der Waals surface area contributed by atoms with E-state index in [0.717, 1.165) is 64.4 Å². The highest BCUT2D eigenvalue weighted by atomic mass is 16.2. The van der Waals surface area contributed by atoms with Gasteiger partial charge in [-0.05, 0) is 18.4 Å². The van der Waals surface area contributed by atoms with Gasteiger partial charge in [0.05, 0.1) is 6.54 Å². The maximum absolute atomic E-state index is 12.0. The molecule has 2 aliphatic rings. The van der Waals surface area contributed by atoms with Crippen molar-refractivity contribution in [3.05, 3.63) is 54.1 Å². The van der Waals surface area contributed by atoms with Crippen molar-refractivity contribution < 1.29 is 4.79 Å². The third-order valence-corrected chi connectivity index (χ3v) is 5.35. The van der Waals surface area contributed by atoms with Crippen molar-refractivity contribution in [2.75, 3.05) is 26.2 Å². The van der Waals surface area contributed by atoms with E-state index in [1.807, 2.05) is 6.20 Å². The first-order chi connectivity index (χ1) is 12.3. The van der Waals surface area contributed by atoms with Crippen LogP contribution in [0, 0.1) is 5.92 Å². The fourth-order valence-corrected chi connectivity index (χ4v) is 4.05. The lowest BCUT2D eigenvalue weighted by molar-refractivity contribution is -0.128. The summed E-state index contributed by atoms with van der Waals surface area (Å²) in [5, 5.41) is 0. The topological polar surface area (TPSA) is 41.4 Å². The summed E-state index contributed by atoms with van der Waals surface area (Å²) in [6.07, 6.45) is 6.76. The van der Waals surface area contributed by atoms with Gasteiger partial charge < -0.3 is 9.47 Å². The second-order valence-electron chi connectivity index (χ2n) is 7.28. The molecule has 2 aliphatic heterocycles. The standard InChI is InChI=1S/C20H26N4O/c25-20-7-4-10-24(20)15-18-13-22(11-8-17-5-2-1-3-6-17)16-19-21-9-12-23(19)14-18/h1-3,5-6,9,12,18H,4,7-8,10-11,13-16H2. The molecular formula is C20H26N4O. The van der Waals surface area contributed by atoms with E-state index in [9.17, 15) is 4.79 Å². The summed E-state index contributed by atoms with van der Waals surface area (Å²) in [5.41, 5.74) is 1.38. The van der Waals surface area contributed by atoms with E-state index in [2.05, 4.69) is 55.9 Å². The fourth-order valence-electron chi connectivity index (χ4n) is 4.05. The Morgan fingerprint density at radius 2 is 2.04 bits per heavy atom. The fraction of sp³-hybridized carbons (Fsp3) is 0.500. The Morgan fingerprint density at radius 3 is 2.84 bits per heavy atom. The summed E-state index contributed by atoms with van der Waals surface area (Å²) >= 11 is 0. The van der Waals surface area contributed by atoms with Crippen molar-refractivity contribution in [3.63, 3.8) is 0 Å². The lowest BCUT2D eigenvalue weighted by Gasteiger charge is -2.27. The Bertz CT molecular complexity index is 711. The van der Waals surface area contributed by atoms with E-state index in [-0.39, 0.29) is 0 Å². The average molecular weight is 338 g/mol. The smallest absolute Gasteiger partial charge is 0.222 e. The van der Waals surface area contributed by atoms with Crippen molar-refractivity contribution in [1.82, 2.24) is 19.4 Å². The van der Waals surface area contributed by atoms with Crippen LogP contribution >= 0.6 is 0 Å². The Kier molecular flexibility index (Phi) is 4.83. The monoisotopic (exact) mass is 338 g/mol. The number of likely N-dealkylation sites (tertiary alicyclic amines) is 1. The third-order valence-electron chi connectivity index (χ3n) is 5.35. The molecule has 132 valence electrons. The van der Waals surface area contributed by atoms with E-state index in [1.54, 1.807) is 0 Å². The van der Waals surface area contributed by atoms with Gasteiger partial charge in [-0.3, -0.25) is 9.69 Å². The molecule has 1 aromatic carbocycles. The lowest BCUT2D eigenvalue weighted by Crippen LogP contribution is -2.37. The van der Waals surface area contributed by atoms with Crippen LogP contribution in [0.4, 0.5) is 0 Å². The highest BCUT2D eigenvalue weighted by Gasteiger charge is 2.27. The van der Waals surface area contributed by atoms with Crippen molar-refractivity contribution in [3.8, 4) is 0 Å². The van der Waals surface area contributed by atoms with Gasteiger partial charge in [-0.15, -0.1) is 0 Å².